The number of rotatable bonds is 7. The molecule has 3 N–H and O–H groups in total. The molecule has 0 aliphatic heterocycles. The molecule has 0 bridgehead atoms. The van der Waals surface area contributed by atoms with Gasteiger partial charge in [0.1, 0.15) is 0 Å². The van der Waals surface area contributed by atoms with Crippen molar-refractivity contribution in [1.29, 1.82) is 0 Å². The summed E-state index contributed by atoms with van der Waals surface area (Å²) >= 11 is 0. The van der Waals surface area contributed by atoms with Gasteiger partial charge in [0, 0.05) is 19.0 Å². The molecule has 15 heavy (non-hydrogen) atoms. The molecule has 1 aliphatic carbocycles. The molecule has 0 aromatic carbocycles. The van der Waals surface area contributed by atoms with Crippen LogP contribution in [0.4, 0.5) is 0 Å². The lowest BCUT2D eigenvalue weighted by molar-refractivity contribution is -0.121. The summed E-state index contributed by atoms with van der Waals surface area (Å²) in [6.07, 6.45) is 4.32. The van der Waals surface area contributed by atoms with E-state index in [2.05, 4.69) is 24.2 Å². The molecule has 1 amide bonds. The monoisotopic (exact) mass is 213 g/mol. The van der Waals surface area contributed by atoms with Crippen molar-refractivity contribution >= 4 is 5.91 Å². The molecule has 0 unspecified atom stereocenters. The molecule has 0 spiro atoms. The number of hydrogen-bond donors (Lipinski definition) is 2. The van der Waals surface area contributed by atoms with Crippen LogP contribution in [0.3, 0.4) is 0 Å². The Morgan fingerprint density at radius 1 is 1.47 bits per heavy atom. The molecule has 1 rings (SSSR count). The van der Waals surface area contributed by atoms with Crippen molar-refractivity contribution in [3.63, 3.8) is 0 Å². The maximum Gasteiger partial charge on any atom is 0.235 e. The summed E-state index contributed by atoms with van der Waals surface area (Å²) in [6, 6.07) is 0.731. The fourth-order valence-corrected chi connectivity index (χ4v) is 1.66. The second kappa shape index (κ2) is 6.08. The van der Waals surface area contributed by atoms with E-state index in [-0.39, 0.29) is 5.91 Å². The van der Waals surface area contributed by atoms with Gasteiger partial charge in [-0.25, -0.2) is 5.84 Å². The molecule has 0 aromatic heterocycles. The number of nitrogens with zero attached hydrogens (tertiary/aromatic N) is 1. The maximum absolute atomic E-state index is 11.0. The smallest absolute Gasteiger partial charge is 0.235 e. The Morgan fingerprint density at radius 2 is 2.13 bits per heavy atom. The molecule has 4 heteroatoms. The molecule has 0 saturated heterocycles. The molecular weight excluding hydrogens is 190 g/mol. The van der Waals surface area contributed by atoms with E-state index in [9.17, 15) is 4.79 Å². The molecule has 1 saturated carbocycles. The first kappa shape index (κ1) is 12.5. The van der Waals surface area contributed by atoms with E-state index in [0.717, 1.165) is 25.0 Å². The lowest BCUT2D eigenvalue weighted by atomic mass is 10.1. The highest BCUT2D eigenvalue weighted by Gasteiger charge is 2.28. The molecule has 0 aromatic rings. The highest BCUT2D eigenvalue weighted by atomic mass is 16.2. The van der Waals surface area contributed by atoms with E-state index >= 15 is 0 Å². The predicted octanol–water partition coefficient (Wildman–Crippen LogP) is 0.877. The molecule has 4 nitrogen and oxygen atoms in total. The number of carbonyl (C=O) groups is 1. The summed E-state index contributed by atoms with van der Waals surface area (Å²) in [4.78, 5) is 13.5. The fraction of sp³-hybridized carbons (Fsp3) is 0.909. The first-order valence-corrected chi connectivity index (χ1v) is 5.87. The third-order valence-corrected chi connectivity index (χ3v) is 2.84. The highest BCUT2D eigenvalue weighted by molar-refractivity contribution is 5.75. The van der Waals surface area contributed by atoms with Gasteiger partial charge in [0.15, 0.2) is 0 Å². The highest BCUT2D eigenvalue weighted by Crippen LogP contribution is 2.27. The van der Waals surface area contributed by atoms with Crippen LogP contribution < -0.4 is 11.3 Å². The summed E-state index contributed by atoms with van der Waals surface area (Å²) in [5, 5.41) is 0. The van der Waals surface area contributed by atoms with Crippen LogP contribution in [0.15, 0.2) is 0 Å². The van der Waals surface area contributed by atoms with Crippen LogP contribution in [0.1, 0.15) is 39.5 Å². The lowest BCUT2D eigenvalue weighted by Gasteiger charge is -2.22. The van der Waals surface area contributed by atoms with Crippen molar-refractivity contribution in [2.24, 2.45) is 11.8 Å². The van der Waals surface area contributed by atoms with Crippen LogP contribution >= 0.6 is 0 Å². The Labute approximate surface area is 92.2 Å². The average Bonchev–Trinajstić information content (AvgIpc) is 3.00. The van der Waals surface area contributed by atoms with Crippen molar-refractivity contribution in [1.82, 2.24) is 10.3 Å². The zero-order valence-corrected chi connectivity index (χ0v) is 9.83. The molecule has 0 radical (unpaired) electrons. The summed E-state index contributed by atoms with van der Waals surface area (Å²) in [5.41, 5.74) is 2.18. The minimum atomic E-state index is -0.0646. The zero-order valence-electron chi connectivity index (χ0n) is 9.83. The maximum atomic E-state index is 11.0. The van der Waals surface area contributed by atoms with Gasteiger partial charge in [0.25, 0.3) is 0 Å². The number of amides is 1. The number of hydrogen-bond acceptors (Lipinski definition) is 3. The van der Waals surface area contributed by atoms with Gasteiger partial charge in [-0.15, -0.1) is 0 Å². The second-order valence-corrected chi connectivity index (χ2v) is 4.77. The first-order chi connectivity index (χ1) is 7.13. The van der Waals surface area contributed by atoms with Crippen molar-refractivity contribution in [3.8, 4) is 0 Å². The van der Waals surface area contributed by atoms with Gasteiger partial charge < -0.3 is 0 Å². The second-order valence-electron chi connectivity index (χ2n) is 4.77. The van der Waals surface area contributed by atoms with E-state index in [1.54, 1.807) is 0 Å². The predicted molar refractivity (Wildman–Crippen MR) is 61.0 cm³/mol. The van der Waals surface area contributed by atoms with Crippen LogP contribution in [0.2, 0.25) is 0 Å². The largest absolute Gasteiger partial charge is 0.300 e. The van der Waals surface area contributed by atoms with Crippen molar-refractivity contribution in [2.75, 3.05) is 13.1 Å². The van der Waals surface area contributed by atoms with E-state index in [0.29, 0.717) is 6.42 Å². The third kappa shape index (κ3) is 5.14. The van der Waals surface area contributed by atoms with E-state index < -0.39 is 0 Å². The topological polar surface area (TPSA) is 58.4 Å². The van der Waals surface area contributed by atoms with E-state index in [1.165, 1.54) is 19.3 Å². The Morgan fingerprint density at radius 3 is 2.60 bits per heavy atom. The van der Waals surface area contributed by atoms with Crippen molar-refractivity contribution in [2.45, 2.75) is 45.6 Å². The average molecular weight is 213 g/mol. The Balaban J connectivity index is 2.21. The van der Waals surface area contributed by atoms with Crippen molar-refractivity contribution < 1.29 is 4.79 Å². The third-order valence-electron chi connectivity index (χ3n) is 2.84. The fourth-order valence-electron chi connectivity index (χ4n) is 1.66. The van der Waals surface area contributed by atoms with Crippen LogP contribution in [0, 0.1) is 5.92 Å². The first-order valence-electron chi connectivity index (χ1n) is 5.87. The quantitative estimate of drug-likeness (QED) is 0.375. The van der Waals surface area contributed by atoms with Gasteiger partial charge >= 0.3 is 0 Å². The molecule has 1 aliphatic rings. The minimum absolute atomic E-state index is 0.0646. The Kier molecular flexibility index (Phi) is 5.05. The van der Waals surface area contributed by atoms with Crippen molar-refractivity contribution in [3.05, 3.63) is 0 Å². The SMILES string of the molecule is CC(C)CCN(CCC(=O)NN)C1CC1. The standard InChI is InChI=1S/C11H23N3O/c1-9(2)5-7-14(10-3-4-10)8-6-11(15)13-12/h9-10H,3-8,12H2,1-2H3,(H,13,15). The van der Waals surface area contributed by atoms with Crippen LogP contribution in [0.25, 0.3) is 0 Å². The number of hydrazine groups is 1. The summed E-state index contributed by atoms with van der Waals surface area (Å²) in [6.45, 7) is 6.43. The molecule has 0 heterocycles. The van der Waals surface area contributed by atoms with Gasteiger partial charge in [-0.3, -0.25) is 15.1 Å². The Bertz CT molecular complexity index is 202. The van der Waals surface area contributed by atoms with Crippen LogP contribution in [0.5, 0.6) is 0 Å². The number of nitrogens with one attached hydrogen (secondary N) is 1. The van der Waals surface area contributed by atoms with Crippen LogP contribution in [-0.2, 0) is 4.79 Å². The van der Waals surface area contributed by atoms with Gasteiger partial charge in [-0.05, 0) is 31.7 Å². The minimum Gasteiger partial charge on any atom is -0.300 e. The molecule has 88 valence electrons. The summed E-state index contributed by atoms with van der Waals surface area (Å²) in [5.74, 6) is 5.72. The molecule has 1 fully saturated rings. The molecular formula is C11H23N3O. The normalized spacial score (nSPS) is 16.1. The van der Waals surface area contributed by atoms with E-state index in [4.69, 9.17) is 5.84 Å². The van der Waals surface area contributed by atoms with Gasteiger partial charge in [0.2, 0.25) is 5.91 Å². The van der Waals surface area contributed by atoms with E-state index in [1.807, 2.05) is 0 Å². The van der Waals surface area contributed by atoms with Gasteiger partial charge in [-0.1, -0.05) is 13.8 Å². The lowest BCUT2D eigenvalue weighted by Crippen LogP contribution is -2.35. The van der Waals surface area contributed by atoms with Crippen LogP contribution in [-0.4, -0.2) is 29.9 Å². The zero-order chi connectivity index (χ0) is 11.3. The Hall–Kier alpha value is -0.610. The number of nitrogens with two attached hydrogens (primary N) is 1. The van der Waals surface area contributed by atoms with Gasteiger partial charge in [-0.2, -0.15) is 0 Å². The summed E-state index contributed by atoms with van der Waals surface area (Å²) < 4.78 is 0. The van der Waals surface area contributed by atoms with Gasteiger partial charge in [0.05, 0.1) is 0 Å². The molecule has 0 atom stereocenters. The summed E-state index contributed by atoms with van der Waals surface area (Å²) in [7, 11) is 0. The number of carbonyl (C=O) groups excluding carboxylic acids is 1.